The van der Waals surface area contributed by atoms with Gasteiger partial charge in [-0.05, 0) is 25.1 Å². The predicted octanol–water partition coefficient (Wildman–Crippen LogP) is -2.94. The van der Waals surface area contributed by atoms with Crippen molar-refractivity contribution in [3.63, 3.8) is 0 Å². The van der Waals surface area contributed by atoms with Crippen molar-refractivity contribution < 1.29 is 14.4 Å². The van der Waals surface area contributed by atoms with Crippen LogP contribution in [-0.4, -0.2) is 126 Å². The van der Waals surface area contributed by atoms with Crippen molar-refractivity contribution in [2.45, 2.75) is 43.7 Å². The maximum atomic E-state index is 13.0. The van der Waals surface area contributed by atoms with Crippen LogP contribution in [0.5, 0.6) is 0 Å². The molecule has 3 aliphatic heterocycles. The third-order valence-corrected chi connectivity index (χ3v) is 6.83. The molecule has 0 aromatic rings. The van der Waals surface area contributed by atoms with E-state index < -0.39 is 11.1 Å². The molecule has 3 saturated heterocycles. The SMILES string of the molecule is CC(=O)NC12CNCCNCC(NC(=O)CCCC(=O)NCCCN=C=S)(CNCCNC1)CNCCNC2. The van der Waals surface area contributed by atoms with Gasteiger partial charge in [-0.1, -0.05) is 0 Å². The van der Waals surface area contributed by atoms with Crippen LogP contribution in [0.2, 0.25) is 0 Å². The first kappa shape index (κ1) is 33.2. The highest BCUT2D eigenvalue weighted by molar-refractivity contribution is 7.78. The van der Waals surface area contributed by atoms with Gasteiger partial charge in [0.2, 0.25) is 17.7 Å². The fourth-order valence-electron chi connectivity index (χ4n) is 4.80. The summed E-state index contributed by atoms with van der Waals surface area (Å²) < 4.78 is 0. The Morgan fingerprint density at radius 2 is 1.15 bits per heavy atom. The van der Waals surface area contributed by atoms with Crippen molar-refractivity contribution in [3.8, 4) is 0 Å². The smallest absolute Gasteiger partial charge is 0.220 e. The largest absolute Gasteiger partial charge is 0.356 e. The van der Waals surface area contributed by atoms with Crippen LogP contribution in [0.1, 0.15) is 32.6 Å². The molecule has 0 radical (unpaired) electrons. The molecule has 0 aromatic carbocycles. The van der Waals surface area contributed by atoms with E-state index in [-0.39, 0.29) is 24.1 Å². The standard InChI is InChI=1S/C25H48N10O3S/c1-21(36)34-24-14-26-8-11-29-17-25(18-30-12-9-27-15-24,19-31-13-10-28-16-24)35-23(38)5-2-4-22(37)33-7-3-6-32-20-39/h26-31H,2-19H2,1H3,(H,33,37)(H,34,36)(H,35,38). The predicted molar refractivity (Wildman–Crippen MR) is 156 cm³/mol. The summed E-state index contributed by atoms with van der Waals surface area (Å²) in [6, 6.07) is 0. The molecule has 0 spiro atoms. The van der Waals surface area contributed by atoms with Gasteiger partial charge in [0.05, 0.1) is 22.8 Å². The summed E-state index contributed by atoms with van der Waals surface area (Å²) in [6.45, 7) is 10.6. The van der Waals surface area contributed by atoms with Crippen molar-refractivity contribution >= 4 is 35.1 Å². The first-order valence-corrected chi connectivity index (χ1v) is 14.4. The van der Waals surface area contributed by atoms with Crippen molar-refractivity contribution in [2.24, 2.45) is 4.99 Å². The van der Waals surface area contributed by atoms with Gasteiger partial charge < -0.3 is 47.9 Å². The average molecular weight is 569 g/mol. The number of amides is 3. The molecular weight excluding hydrogens is 520 g/mol. The number of rotatable bonds is 10. The Bertz CT molecular complexity index is 765. The normalized spacial score (nSPS) is 25.4. The van der Waals surface area contributed by atoms with Crippen LogP contribution in [0.3, 0.4) is 0 Å². The second-order valence-corrected chi connectivity index (χ2v) is 10.6. The van der Waals surface area contributed by atoms with E-state index in [0.29, 0.717) is 91.3 Å². The maximum absolute atomic E-state index is 13.0. The minimum atomic E-state index is -0.532. The highest BCUT2D eigenvalue weighted by atomic mass is 32.1. The van der Waals surface area contributed by atoms with E-state index in [4.69, 9.17) is 0 Å². The fraction of sp³-hybridized carbons (Fsp3) is 0.840. The number of thiocarbonyl (C=S) groups is 1. The maximum Gasteiger partial charge on any atom is 0.220 e. The number of hydrogen-bond acceptors (Lipinski definition) is 11. The molecule has 0 atom stereocenters. The first-order valence-electron chi connectivity index (χ1n) is 14.0. The van der Waals surface area contributed by atoms with E-state index in [0.717, 1.165) is 19.6 Å². The molecule has 9 N–H and O–H groups in total. The number of isothiocyanates is 1. The molecule has 0 unspecified atom stereocenters. The number of hydrogen-bond donors (Lipinski definition) is 9. The summed E-state index contributed by atoms with van der Waals surface area (Å²) in [4.78, 5) is 40.9. The summed E-state index contributed by atoms with van der Waals surface area (Å²) in [5.74, 6) is -0.185. The van der Waals surface area contributed by atoms with E-state index in [9.17, 15) is 14.4 Å². The number of carbonyl (C=O) groups excluding carboxylic acids is 3. The Balaban J connectivity index is 1.96. The average Bonchev–Trinajstić information content (AvgIpc) is 2.89. The van der Waals surface area contributed by atoms with Crippen molar-refractivity contribution in [2.75, 3.05) is 91.6 Å². The minimum absolute atomic E-state index is 0.0498. The number of carbonyl (C=O) groups is 3. The monoisotopic (exact) mass is 568 g/mol. The zero-order chi connectivity index (χ0) is 28.2. The molecule has 3 rings (SSSR count). The Morgan fingerprint density at radius 3 is 1.59 bits per heavy atom. The zero-order valence-electron chi connectivity index (χ0n) is 23.3. The summed E-state index contributed by atoms with van der Waals surface area (Å²) in [5, 5.41) is 32.5. The molecule has 3 amide bonds. The fourth-order valence-corrected chi connectivity index (χ4v) is 4.89. The van der Waals surface area contributed by atoms with Crippen LogP contribution in [0.25, 0.3) is 0 Å². The van der Waals surface area contributed by atoms with Crippen LogP contribution >= 0.6 is 12.2 Å². The van der Waals surface area contributed by atoms with Crippen LogP contribution in [0, 0.1) is 0 Å². The lowest BCUT2D eigenvalue weighted by Crippen LogP contribution is -2.68. The Morgan fingerprint density at radius 1 is 0.718 bits per heavy atom. The lowest BCUT2D eigenvalue weighted by Gasteiger charge is -2.38. The number of nitrogens with zero attached hydrogens (tertiary/aromatic N) is 1. The van der Waals surface area contributed by atoms with Crippen LogP contribution in [-0.2, 0) is 14.4 Å². The Labute approximate surface area is 237 Å². The highest BCUT2D eigenvalue weighted by Crippen LogP contribution is 2.07. The van der Waals surface area contributed by atoms with E-state index in [1.54, 1.807) is 6.92 Å². The minimum Gasteiger partial charge on any atom is -0.356 e. The molecule has 13 nitrogen and oxygen atoms in total. The van der Waals surface area contributed by atoms with Gasteiger partial charge in [0.1, 0.15) is 0 Å². The Hall–Kier alpha value is -2.03. The molecule has 14 heteroatoms. The first-order chi connectivity index (χ1) is 18.9. The van der Waals surface area contributed by atoms with E-state index in [1.165, 1.54) is 0 Å². The van der Waals surface area contributed by atoms with Gasteiger partial charge >= 0.3 is 0 Å². The van der Waals surface area contributed by atoms with Crippen LogP contribution in [0.15, 0.2) is 4.99 Å². The van der Waals surface area contributed by atoms with Crippen molar-refractivity contribution in [3.05, 3.63) is 0 Å². The highest BCUT2D eigenvalue weighted by Gasteiger charge is 2.33. The molecule has 0 aromatic heterocycles. The van der Waals surface area contributed by atoms with Gasteiger partial charge in [-0.2, -0.15) is 0 Å². The van der Waals surface area contributed by atoms with Gasteiger partial charge in [-0.15, -0.1) is 0 Å². The molecule has 222 valence electrons. The molecule has 3 heterocycles. The lowest BCUT2D eigenvalue weighted by molar-refractivity contribution is -0.124. The van der Waals surface area contributed by atoms with Gasteiger partial charge in [-0.3, -0.25) is 14.4 Å². The van der Waals surface area contributed by atoms with Gasteiger partial charge in [-0.25, -0.2) is 4.99 Å². The molecule has 39 heavy (non-hydrogen) atoms. The summed E-state index contributed by atoms with van der Waals surface area (Å²) in [6.07, 6.45) is 1.77. The number of nitrogens with one attached hydrogen (secondary N) is 9. The van der Waals surface area contributed by atoms with E-state index >= 15 is 0 Å². The second-order valence-electron chi connectivity index (χ2n) is 10.4. The van der Waals surface area contributed by atoms with E-state index in [2.05, 4.69) is 70.2 Å². The zero-order valence-corrected chi connectivity index (χ0v) is 24.1. The van der Waals surface area contributed by atoms with E-state index in [1.807, 2.05) is 0 Å². The molecule has 3 aliphatic rings. The summed E-state index contributed by atoms with van der Waals surface area (Å²) >= 11 is 4.53. The molecule has 0 aliphatic carbocycles. The van der Waals surface area contributed by atoms with Crippen molar-refractivity contribution in [1.29, 1.82) is 0 Å². The second kappa shape index (κ2) is 19.1. The van der Waals surface area contributed by atoms with Gasteiger partial charge in [0.15, 0.2) is 0 Å². The van der Waals surface area contributed by atoms with Crippen LogP contribution in [0.4, 0.5) is 0 Å². The van der Waals surface area contributed by atoms with Crippen molar-refractivity contribution in [1.82, 2.24) is 47.9 Å². The number of fused-ring (bicyclic) bond motifs is 15. The van der Waals surface area contributed by atoms with Gasteiger partial charge in [0.25, 0.3) is 0 Å². The third-order valence-electron chi connectivity index (χ3n) is 6.70. The molecule has 2 bridgehead atoms. The molecule has 3 fully saturated rings. The quantitative estimate of drug-likeness (QED) is 0.0754. The summed E-state index contributed by atoms with van der Waals surface area (Å²) in [7, 11) is 0. The lowest BCUT2D eigenvalue weighted by atomic mass is 9.97. The molecular formula is C25H48N10O3S. The molecule has 0 saturated carbocycles. The topological polar surface area (TPSA) is 172 Å². The summed E-state index contributed by atoms with van der Waals surface area (Å²) in [5.41, 5.74) is -0.969. The van der Waals surface area contributed by atoms with Gasteiger partial charge in [0, 0.05) is 105 Å². The van der Waals surface area contributed by atoms with Crippen LogP contribution < -0.4 is 47.9 Å². The Kier molecular flexibility index (Phi) is 16.3. The third kappa shape index (κ3) is 14.3. The number of aliphatic imine (C=N–C) groups is 1.